The number of rotatable bonds is 5. The number of hydrogen-bond donors (Lipinski definition) is 1. The summed E-state index contributed by atoms with van der Waals surface area (Å²) in [6, 6.07) is 13.6. The van der Waals surface area contributed by atoms with E-state index >= 15 is 0 Å². The second-order valence-corrected chi connectivity index (χ2v) is 11.0. The van der Waals surface area contributed by atoms with Crippen LogP contribution in [0.15, 0.2) is 42.5 Å². The molecular weight excluding hydrogens is 454 g/mol. The average molecular weight is 490 g/mol. The minimum absolute atomic E-state index is 0.0173. The van der Waals surface area contributed by atoms with Crippen molar-refractivity contribution in [2.75, 3.05) is 44.2 Å². The first-order chi connectivity index (χ1) is 17.1. The number of amides is 1. The molecule has 2 aromatic rings. The van der Waals surface area contributed by atoms with Crippen LogP contribution in [-0.4, -0.2) is 61.8 Å². The Morgan fingerprint density at radius 1 is 1.03 bits per heavy atom. The Balaban J connectivity index is 1.35. The summed E-state index contributed by atoms with van der Waals surface area (Å²) in [5.74, 6) is -0.271. The fourth-order valence-electron chi connectivity index (χ4n) is 5.72. The number of nitrogens with one attached hydrogen (secondary N) is 1. The van der Waals surface area contributed by atoms with Crippen molar-refractivity contribution < 1.29 is 19.1 Å². The summed E-state index contributed by atoms with van der Waals surface area (Å²) in [5, 5.41) is 3.28. The Kier molecular flexibility index (Phi) is 6.15. The maximum Gasteiger partial charge on any atom is 0.340 e. The van der Waals surface area contributed by atoms with Crippen LogP contribution in [-0.2, 0) is 20.5 Å². The van der Waals surface area contributed by atoms with E-state index in [2.05, 4.69) is 10.2 Å². The highest BCUT2D eigenvalue weighted by molar-refractivity contribution is 6.12. The summed E-state index contributed by atoms with van der Waals surface area (Å²) < 4.78 is 5.82. The third kappa shape index (κ3) is 3.99. The van der Waals surface area contributed by atoms with Gasteiger partial charge in [-0.1, -0.05) is 44.2 Å². The molecule has 3 aliphatic rings. The molecule has 0 radical (unpaired) electrons. The zero-order valence-corrected chi connectivity index (χ0v) is 21.6. The van der Waals surface area contributed by atoms with Gasteiger partial charge in [0.05, 0.1) is 11.0 Å². The highest BCUT2D eigenvalue weighted by Gasteiger charge is 2.49. The van der Waals surface area contributed by atoms with Crippen LogP contribution < -0.4 is 10.2 Å². The number of benzene rings is 2. The molecule has 0 saturated carbocycles. The first-order valence-electron chi connectivity index (χ1n) is 12.9. The summed E-state index contributed by atoms with van der Waals surface area (Å²) in [6.45, 7) is 12.1. The zero-order valence-electron chi connectivity index (χ0n) is 21.6. The van der Waals surface area contributed by atoms with Gasteiger partial charge < -0.3 is 19.9 Å². The molecule has 2 saturated heterocycles. The number of nitrogens with zero attached hydrogens (tertiary/aromatic N) is 2. The van der Waals surface area contributed by atoms with E-state index in [1.54, 1.807) is 6.07 Å². The molecule has 2 aromatic carbocycles. The molecule has 3 heterocycles. The van der Waals surface area contributed by atoms with Crippen molar-refractivity contribution in [1.29, 1.82) is 0 Å². The Labute approximate surface area is 212 Å². The first kappa shape index (κ1) is 24.5. The molecule has 7 nitrogen and oxygen atoms in total. The Hall–Kier alpha value is -3.19. The van der Waals surface area contributed by atoms with Gasteiger partial charge in [0, 0.05) is 61.9 Å². The standard InChI is InChI=1S/C29H35N3O4/c1-19(2)26(34)32-16-14-31(15-17-32)21-10-8-20(9-11-21)28(3,4)25(33)22-6-5-7-23-24(22)27(35)36-29(23)12-13-30-18-29/h5-11,19,30H,12-18H2,1-4H3. The Bertz CT molecular complexity index is 1190. The van der Waals surface area contributed by atoms with Crippen molar-refractivity contribution in [1.82, 2.24) is 10.2 Å². The van der Waals surface area contributed by atoms with Crippen molar-refractivity contribution in [3.8, 4) is 0 Å². The van der Waals surface area contributed by atoms with Crippen molar-refractivity contribution in [3.05, 3.63) is 64.7 Å². The Morgan fingerprint density at radius 2 is 1.72 bits per heavy atom. The second kappa shape index (κ2) is 9.04. The quantitative estimate of drug-likeness (QED) is 0.512. The van der Waals surface area contributed by atoms with Gasteiger partial charge in [-0.25, -0.2) is 4.79 Å². The third-order valence-electron chi connectivity index (χ3n) is 8.02. The lowest BCUT2D eigenvalue weighted by atomic mass is 9.76. The van der Waals surface area contributed by atoms with Crippen molar-refractivity contribution in [2.24, 2.45) is 5.92 Å². The number of carbonyl (C=O) groups is 3. The smallest absolute Gasteiger partial charge is 0.340 e. The molecule has 3 aliphatic heterocycles. The SMILES string of the molecule is CC(C)C(=O)N1CCN(c2ccc(C(C)(C)C(=O)c3cccc4c3C(=O)OC43CCNC3)cc2)CC1. The van der Waals surface area contributed by atoms with E-state index in [-0.39, 0.29) is 17.6 Å². The zero-order chi connectivity index (χ0) is 25.7. The van der Waals surface area contributed by atoms with Gasteiger partial charge in [0.25, 0.3) is 0 Å². The molecule has 7 heteroatoms. The summed E-state index contributed by atoms with van der Waals surface area (Å²) in [4.78, 5) is 43.2. The van der Waals surface area contributed by atoms with Gasteiger partial charge in [0.2, 0.25) is 5.91 Å². The number of carbonyl (C=O) groups excluding carboxylic acids is 3. The minimum Gasteiger partial charge on any atom is -0.449 e. The van der Waals surface area contributed by atoms with Crippen LogP contribution in [0.25, 0.3) is 0 Å². The van der Waals surface area contributed by atoms with E-state index in [0.29, 0.717) is 24.1 Å². The van der Waals surface area contributed by atoms with Crippen LogP contribution >= 0.6 is 0 Å². The van der Waals surface area contributed by atoms with Gasteiger partial charge in [0.15, 0.2) is 11.4 Å². The number of esters is 1. The van der Waals surface area contributed by atoms with Gasteiger partial charge in [0.1, 0.15) is 0 Å². The molecule has 190 valence electrons. The fraction of sp³-hybridized carbons (Fsp3) is 0.483. The number of hydrogen-bond acceptors (Lipinski definition) is 6. The molecule has 5 rings (SSSR count). The summed E-state index contributed by atoms with van der Waals surface area (Å²) in [6.07, 6.45) is 0.716. The number of ketones is 1. The van der Waals surface area contributed by atoms with Crippen LogP contribution in [0, 0.1) is 5.92 Å². The number of ether oxygens (including phenoxy) is 1. The van der Waals surface area contributed by atoms with Gasteiger partial charge >= 0.3 is 5.97 Å². The number of fused-ring (bicyclic) bond motifs is 2. The highest BCUT2D eigenvalue weighted by Crippen LogP contribution is 2.43. The normalized spacial score (nSPS) is 21.8. The van der Waals surface area contributed by atoms with Crippen LogP contribution in [0.1, 0.15) is 66.0 Å². The molecule has 0 aliphatic carbocycles. The molecule has 0 aromatic heterocycles. The van der Waals surface area contributed by atoms with Crippen LogP contribution in [0.3, 0.4) is 0 Å². The van der Waals surface area contributed by atoms with Gasteiger partial charge in [-0.05, 0) is 38.1 Å². The van der Waals surface area contributed by atoms with Gasteiger partial charge in [-0.3, -0.25) is 9.59 Å². The molecule has 1 atom stereocenters. The highest BCUT2D eigenvalue weighted by atomic mass is 16.6. The summed E-state index contributed by atoms with van der Waals surface area (Å²) in [5.41, 5.74) is 2.18. The topological polar surface area (TPSA) is 79.0 Å². The molecule has 36 heavy (non-hydrogen) atoms. The first-order valence-corrected chi connectivity index (χ1v) is 12.9. The lowest BCUT2D eigenvalue weighted by Gasteiger charge is -2.37. The molecule has 1 amide bonds. The third-order valence-corrected chi connectivity index (χ3v) is 8.02. The maximum absolute atomic E-state index is 13.8. The molecule has 1 spiro atoms. The lowest BCUT2D eigenvalue weighted by Crippen LogP contribution is -2.49. The van der Waals surface area contributed by atoms with E-state index in [4.69, 9.17) is 4.74 Å². The fourth-order valence-corrected chi connectivity index (χ4v) is 5.72. The van der Waals surface area contributed by atoms with Gasteiger partial charge in [-0.2, -0.15) is 0 Å². The largest absolute Gasteiger partial charge is 0.449 e. The van der Waals surface area contributed by atoms with Crippen molar-refractivity contribution >= 4 is 23.3 Å². The van der Waals surface area contributed by atoms with Crippen LogP contribution in [0.4, 0.5) is 5.69 Å². The summed E-state index contributed by atoms with van der Waals surface area (Å²) >= 11 is 0. The van der Waals surface area contributed by atoms with E-state index < -0.39 is 17.0 Å². The predicted molar refractivity (Wildman–Crippen MR) is 138 cm³/mol. The summed E-state index contributed by atoms with van der Waals surface area (Å²) in [7, 11) is 0. The van der Waals surface area contributed by atoms with Crippen LogP contribution in [0.2, 0.25) is 0 Å². The van der Waals surface area contributed by atoms with E-state index in [9.17, 15) is 14.4 Å². The second-order valence-electron chi connectivity index (χ2n) is 11.0. The van der Waals surface area contributed by atoms with E-state index in [1.165, 1.54) is 0 Å². The Morgan fingerprint density at radius 3 is 2.33 bits per heavy atom. The molecule has 0 bridgehead atoms. The van der Waals surface area contributed by atoms with Crippen molar-refractivity contribution in [3.63, 3.8) is 0 Å². The average Bonchev–Trinajstić information content (AvgIpc) is 3.47. The van der Waals surface area contributed by atoms with Crippen LogP contribution in [0.5, 0.6) is 0 Å². The van der Waals surface area contributed by atoms with E-state index in [0.717, 1.165) is 49.5 Å². The van der Waals surface area contributed by atoms with Crippen molar-refractivity contribution in [2.45, 2.75) is 45.1 Å². The maximum atomic E-state index is 13.8. The monoisotopic (exact) mass is 489 g/mol. The lowest BCUT2D eigenvalue weighted by molar-refractivity contribution is -0.134. The molecule has 1 unspecified atom stereocenters. The predicted octanol–water partition coefficient (Wildman–Crippen LogP) is 3.51. The molecular formula is C29H35N3O4. The van der Waals surface area contributed by atoms with Gasteiger partial charge in [-0.15, -0.1) is 0 Å². The molecule has 1 N–H and O–H groups in total. The minimum atomic E-state index is -0.819. The number of Topliss-reactive ketones (excluding diaryl/α,β-unsaturated/α-hetero) is 1. The number of piperazine rings is 1. The molecule has 2 fully saturated rings. The van der Waals surface area contributed by atoms with E-state index in [1.807, 2.05) is 69.0 Å². The number of anilines is 1.